The molecule has 0 saturated carbocycles. The number of nitrogens with zero attached hydrogens (tertiary/aromatic N) is 3. The Hall–Kier alpha value is -1.73. The zero-order valence-electron chi connectivity index (χ0n) is 16.0. The van der Waals surface area contributed by atoms with Gasteiger partial charge in [-0.05, 0) is 43.3 Å². The molecule has 0 amide bonds. The molecule has 2 aliphatic rings. The van der Waals surface area contributed by atoms with Crippen LogP contribution in [-0.2, 0) is 0 Å². The topological polar surface area (TPSA) is 54.9 Å². The highest BCUT2D eigenvalue weighted by Crippen LogP contribution is 2.32. The Morgan fingerprint density at radius 1 is 0.966 bits per heavy atom. The van der Waals surface area contributed by atoms with Crippen LogP contribution >= 0.6 is 37.2 Å². The number of ether oxygens (including phenoxy) is 2. The fourth-order valence-corrected chi connectivity index (χ4v) is 3.42. The SMILES string of the molecule is Cl.Cl.Cl.O=C(CCCN1CCN(c2ccccn2)CC1)c1ccc2c(c1)OCO2. The molecule has 1 saturated heterocycles. The fraction of sp³-hybridized carbons (Fsp3) is 0.400. The van der Waals surface area contributed by atoms with Crippen LogP contribution in [0.5, 0.6) is 11.5 Å². The van der Waals surface area contributed by atoms with Crippen LogP contribution in [0.3, 0.4) is 0 Å². The van der Waals surface area contributed by atoms with Crippen LogP contribution in [0.25, 0.3) is 0 Å². The average Bonchev–Trinajstić information content (AvgIpc) is 3.17. The summed E-state index contributed by atoms with van der Waals surface area (Å²) < 4.78 is 10.6. The standard InChI is InChI=1S/C20H23N3O3.3ClH/c24-17(16-6-7-18-19(14-16)26-15-25-18)4-3-9-22-10-12-23(13-11-22)20-5-1-2-8-21-20;;;/h1-2,5-8,14H,3-4,9-13,15H2;3*1H. The van der Waals surface area contributed by atoms with Gasteiger partial charge < -0.3 is 14.4 Å². The molecule has 29 heavy (non-hydrogen) atoms. The van der Waals surface area contributed by atoms with Crippen LogP contribution in [-0.4, -0.2) is 55.2 Å². The number of pyridine rings is 1. The van der Waals surface area contributed by atoms with Gasteiger partial charge in [0.15, 0.2) is 17.3 Å². The van der Waals surface area contributed by atoms with Crippen molar-refractivity contribution in [1.29, 1.82) is 0 Å². The van der Waals surface area contributed by atoms with Crippen LogP contribution in [0.15, 0.2) is 42.6 Å². The second-order valence-corrected chi connectivity index (χ2v) is 6.61. The van der Waals surface area contributed by atoms with Crippen LogP contribution in [0, 0.1) is 0 Å². The molecular weight excluding hydrogens is 437 g/mol. The third-order valence-corrected chi connectivity index (χ3v) is 4.92. The lowest BCUT2D eigenvalue weighted by Crippen LogP contribution is -2.46. The highest BCUT2D eigenvalue weighted by Gasteiger charge is 2.19. The van der Waals surface area contributed by atoms with Gasteiger partial charge >= 0.3 is 0 Å². The van der Waals surface area contributed by atoms with E-state index in [1.165, 1.54) is 0 Å². The van der Waals surface area contributed by atoms with Crippen LogP contribution in [0.1, 0.15) is 23.2 Å². The van der Waals surface area contributed by atoms with Gasteiger partial charge in [-0.25, -0.2) is 4.98 Å². The first-order valence-electron chi connectivity index (χ1n) is 9.11. The third-order valence-electron chi connectivity index (χ3n) is 4.92. The number of Topliss-reactive ketones (excluding diaryl/α,β-unsaturated/α-hetero) is 1. The number of ketones is 1. The molecule has 2 aromatic rings. The number of fused-ring (bicyclic) bond motifs is 1. The van der Waals surface area contributed by atoms with E-state index in [2.05, 4.69) is 20.9 Å². The molecule has 9 heteroatoms. The first-order valence-corrected chi connectivity index (χ1v) is 9.11. The zero-order chi connectivity index (χ0) is 17.8. The Labute approximate surface area is 189 Å². The van der Waals surface area contributed by atoms with Gasteiger partial charge in [0.2, 0.25) is 6.79 Å². The Balaban J connectivity index is 0.00000140. The number of carbonyl (C=O) groups is 1. The molecule has 1 aromatic heterocycles. The summed E-state index contributed by atoms with van der Waals surface area (Å²) in [7, 11) is 0. The van der Waals surface area contributed by atoms with Gasteiger partial charge in [-0.2, -0.15) is 0 Å². The predicted molar refractivity (Wildman–Crippen MR) is 121 cm³/mol. The van der Waals surface area contributed by atoms with Crippen molar-refractivity contribution in [3.63, 3.8) is 0 Å². The number of benzene rings is 1. The first kappa shape index (κ1) is 25.3. The molecule has 0 spiro atoms. The van der Waals surface area contributed by atoms with Crippen molar-refractivity contribution in [1.82, 2.24) is 9.88 Å². The number of halogens is 3. The van der Waals surface area contributed by atoms with E-state index in [9.17, 15) is 4.79 Å². The van der Waals surface area contributed by atoms with Gasteiger partial charge in [0.05, 0.1) is 0 Å². The van der Waals surface area contributed by atoms with Crippen molar-refractivity contribution in [3.05, 3.63) is 48.2 Å². The zero-order valence-corrected chi connectivity index (χ0v) is 18.4. The molecule has 2 aliphatic heterocycles. The average molecular weight is 463 g/mol. The van der Waals surface area contributed by atoms with Crippen LogP contribution in [0.4, 0.5) is 5.82 Å². The van der Waals surface area contributed by atoms with Crippen molar-refractivity contribution in [2.45, 2.75) is 12.8 Å². The van der Waals surface area contributed by atoms with E-state index < -0.39 is 0 Å². The monoisotopic (exact) mass is 461 g/mol. The largest absolute Gasteiger partial charge is 0.454 e. The number of piperazine rings is 1. The lowest BCUT2D eigenvalue weighted by atomic mass is 10.1. The van der Waals surface area contributed by atoms with Gasteiger partial charge in [0.25, 0.3) is 0 Å². The summed E-state index contributed by atoms with van der Waals surface area (Å²) in [6, 6.07) is 11.4. The van der Waals surface area contributed by atoms with Crippen molar-refractivity contribution >= 4 is 48.8 Å². The lowest BCUT2D eigenvalue weighted by molar-refractivity contribution is 0.0973. The molecule has 3 heterocycles. The second kappa shape index (κ2) is 12.1. The minimum absolute atomic E-state index is 0. The summed E-state index contributed by atoms with van der Waals surface area (Å²) in [5.74, 6) is 2.59. The molecule has 1 aromatic carbocycles. The normalized spacial score (nSPS) is 15.0. The third kappa shape index (κ3) is 6.37. The Bertz CT molecular complexity index is 772. The van der Waals surface area contributed by atoms with E-state index in [0.717, 1.165) is 45.0 Å². The van der Waals surface area contributed by atoms with E-state index in [4.69, 9.17) is 9.47 Å². The molecule has 0 N–H and O–H groups in total. The molecule has 0 atom stereocenters. The summed E-state index contributed by atoms with van der Waals surface area (Å²) in [5, 5.41) is 0. The molecule has 0 bridgehead atoms. The highest BCUT2D eigenvalue weighted by molar-refractivity contribution is 5.96. The summed E-state index contributed by atoms with van der Waals surface area (Å²) in [4.78, 5) is 21.5. The molecule has 0 radical (unpaired) electrons. The molecule has 4 rings (SSSR count). The van der Waals surface area contributed by atoms with Crippen molar-refractivity contribution in [3.8, 4) is 11.5 Å². The Morgan fingerprint density at radius 2 is 1.72 bits per heavy atom. The van der Waals surface area contributed by atoms with Crippen LogP contribution < -0.4 is 14.4 Å². The fourth-order valence-electron chi connectivity index (χ4n) is 3.42. The number of hydrogen-bond donors (Lipinski definition) is 0. The summed E-state index contributed by atoms with van der Waals surface area (Å²) in [5.41, 5.74) is 0.703. The summed E-state index contributed by atoms with van der Waals surface area (Å²) in [6.45, 7) is 5.16. The maximum Gasteiger partial charge on any atom is 0.231 e. The van der Waals surface area contributed by atoms with Gasteiger partial charge in [-0.1, -0.05) is 6.07 Å². The number of hydrogen-bond acceptors (Lipinski definition) is 6. The highest BCUT2D eigenvalue weighted by atomic mass is 35.5. The van der Waals surface area contributed by atoms with E-state index in [-0.39, 0.29) is 49.8 Å². The van der Waals surface area contributed by atoms with Crippen molar-refractivity contribution in [2.75, 3.05) is 44.4 Å². The molecule has 0 unspecified atom stereocenters. The minimum Gasteiger partial charge on any atom is -0.454 e. The Morgan fingerprint density at radius 3 is 2.45 bits per heavy atom. The van der Waals surface area contributed by atoms with E-state index in [1.54, 1.807) is 6.07 Å². The summed E-state index contributed by atoms with van der Waals surface area (Å²) in [6.07, 6.45) is 3.26. The smallest absolute Gasteiger partial charge is 0.231 e. The molecule has 0 aliphatic carbocycles. The predicted octanol–water partition coefficient (Wildman–Crippen LogP) is 3.86. The number of anilines is 1. The first-order chi connectivity index (χ1) is 12.8. The number of carbonyl (C=O) groups excluding carboxylic acids is 1. The number of aromatic nitrogens is 1. The van der Waals surface area contributed by atoms with E-state index in [1.807, 2.05) is 30.5 Å². The maximum absolute atomic E-state index is 12.4. The minimum atomic E-state index is 0. The molecule has 6 nitrogen and oxygen atoms in total. The summed E-state index contributed by atoms with van der Waals surface area (Å²) >= 11 is 0. The quantitative estimate of drug-likeness (QED) is 0.608. The number of rotatable bonds is 6. The molecule has 1 fully saturated rings. The van der Waals surface area contributed by atoms with Gasteiger partial charge in [0.1, 0.15) is 5.82 Å². The lowest BCUT2D eigenvalue weighted by Gasteiger charge is -2.35. The van der Waals surface area contributed by atoms with Gasteiger partial charge in [-0.15, -0.1) is 37.2 Å². The van der Waals surface area contributed by atoms with E-state index in [0.29, 0.717) is 23.5 Å². The maximum atomic E-state index is 12.4. The van der Waals surface area contributed by atoms with Gasteiger partial charge in [0, 0.05) is 44.4 Å². The molecule has 160 valence electrons. The van der Waals surface area contributed by atoms with Gasteiger partial charge in [-0.3, -0.25) is 9.69 Å². The van der Waals surface area contributed by atoms with Crippen molar-refractivity contribution < 1.29 is 14.3 Å². The molecular formula is C20H26Cl3N3O3. The second-order valence-electron chi connectivity index (χ2n) is 6.61. The Kier molecular flexibility index (Phi) is 10.5. The van der Waals surface area contributed by atoms with Crippen LogP contribution in [0.2, 0.25) is 0 Å². The van der Waals surface area contributed by atoms with Crippen molar-refractivity contribution in [2.24, 2.45) is 0 Å². The van der Waals surface area contributed by atoms with E-state index >= 15 is 0 Å².